The van der Waals surface area contributed by atoms with Gasteiger partial charge in [-0.2, -0.15) is 0 Å². The quantitative estimate of drug-likeness (QED) is 0.621. The Hall–Kier alpha value is -1.68. The molecule has 1 aromatic rings. The maximum Gasteiger partial charge on any atom is 0.313 e. The first kappa shape index (κ1) is 15.2. The number of carbonyl (C=O) groups is 2. The Morgan fingerprint density at radius 3 is 2.82 bits per heavy atom. The van der Waals surface area contributed by atoms with Gasteiger partial charge in [0.15, 0.2) is 5.78 Å². The molecule has 1 aromatic carbocycles. The third-order valence-electron chi connectivity index (χ3n) is 5.12. The summed E-state index contributed by atoms with van der Waals surface area (Å²) in [5.74, 6) is 0.430. The summed E-state index contributed by atoms with van der Waals surface area (Å²) >= 11 is 0. The zero-order chi connectivity index (χ0) is 16.1. The number of hydrogen-bond donors (Lipinski definition) is 0. The van der Waals surface area contributed by atoms with Crippen LogP contribution >= 0.6 is 0 Å². The molecule has 1 aliphatic heterocycles. The first-order valence-corrected chi connectivity index (χ1v) is 7.92. The van der Waals surface area contributed by atoms with Crippen molar-refractivity contribution in [1.29, 1.82) is 0 Å². The number of carbonyl (C=O) groups excluding carboxylic acids is 2. The fraction of sp³-hybridized carbons (Fsp3) is 0.556. The van der Waals surface area contributed by atoms with Crippen LogP contribution in [0.5, 0.6) is 5.75 Å². The van der Waals surface area contributed by atoms with Crippen LogP contribution in [0.15, 0.2) is 18.2 Å². The second-order valence-corrected chi connectivity index (χ2v) is 7.04. The third kappa shape index (κ3) is 2.26. The van der Waals surface area contributed by atoms with Gasteiger partial charge in [-0.25, -0.2) is 0 Å². The van der Waals surface area contributed by atoms with Gasteiger partial charge in [-0.15, -0.1) is 0 Å². The fourth-order valence-electron chi connectivity index (χ4n) is 3.52. The van der Waals surface area contributed by atoms with E-state index in [1.54, 1.807) is 0 Å². The lowest BCUT2D eigenvalue weighted by molar-refractivity contribution is -0.137. The lowest BCUT2D eigenvalue weighted by Gasteiger charge is -2.47. The van der Waals surface area contributed by atoms with Crippen molar-refractivity contribution in [2.45, 2.75) is 45.1 Å². The Labute approximate surface area is 131 Å². The Kier molecular flexibility index (Phi) is 3.60. The van der Waals surface area contributed by atoms with Crippen molar-refractivity contribution in [2.24, 2.45) is 5.92 Å². The highest BCUT2D eigenvalue weighted by molar-refractivity contribution is 5.97. The first-order chi connectivity index (χ1) is 10.3. The molecule has 2 aliphatic rings. The molecule has 1 saturated heterocycles. The number of ether oxygens (including phenoxy) is 1. The average molecular weight is 301 g/mol. The molecule has 1 unspecified atom stereocenters. The summed E-state index contributed by atoms with van der Waals surface area (Å²) in [6, 6.07) is 5.73. The van der Waals surface area contributed by atoms with Gasteiger partial charge in [0.2, 0.25) is 0 Å². The lowest BCUT2D eigenvalue weighted by Crippen LogP contribution is -2.58. The number of likely N-dealkylation sites (N-methyl/N-ethyl adjacent to an activating group) is 1. The van der Waals surface area contributed by atoms with Crippen LogP contribution in [-0.4, -0.2) is 36.3 Å². The summed E-state index contributed by atoms with van der Waals surface area (Å²) in [5.41, 5.74) is 1.78. The Morgan fingerprint density at radius 2 is 2.14 bits per heavy atom. The number of fused-ring (bicyclic) bond motifs is 4. The van der Waals surface area contributed by atoms with Gasteiger partial charge in [0.1, 0.15) is 5.75 Å². The van der Waals surface area contributed by atoms with Crippen molar-refractivity contribution < 1.29 is 14.3 Å². The highest BCUT2D eigenvalue weighted by Gasteiger charge is 2.49. The minimum absolute atomic E-state index is 0.0182. The van der Waals surface area contributed by atoms with Crippen molar-refractivity contribution in [1.82, 2.24) is 4.90 Å². The van der Waals surface area contributed by atoms with Gasteiger partial charge in [0.05, 0.1) is 17.4 Å². The number of hydrogen-bond acceptors (Lipinski definition) is 4. The van der Waals surface area contributed by atoms with Gasteiger partial charge in [-0.1, -0.05) is 19.9 Å². The summed E-state index contributed by atoms with van der Waals surface area (Å²) in [6.45, 7) is 6.57. The number of rotatable bonds is 2. The van der Waals surface area contributed by atoms with Gasteiger partial charge in [0.25, 0.3) is 0 Å². The van der Waals surface area contributed by atoms with Crippen LogP contribution in [0, 0.1) is 5.92 Å². The predicted molar refractivity (Wildman–Crippen MR) is 84.0 cm³/mol. The number of ketones is 1. The normalized spacial score (nSPS) is 27.7. The zero-order valence-electron chi connectivity index (χ0n) is 13.7. The van der Waals surface area contributed by atoms with E-state index in [4.69, 9.17) is 4.74 Å². The van der Waals surface area contributed by atoms with Gasteiger partial charge in [-0.3, -0.25) is 14.5 Å². The minimum atomic E-state index is -0.453. The van der Waals surface area contributed by atoms with E-state index in [9.17, 15) is 9.59 Å². The summed E-state index contributed by atoms with van der Waals surface area (Å²) in [4.78, 5) is 26.7. The molecule has 0 aromatic heterocycles. The number of piperidine rings is 1. The van der Waals surface area contributed by atoms with Gasteiger partial charge in [-0.05, 0) is 56.6 Å². The molecule has 1 heterocycles. The maximum atomic E-state index is 12.8. The second-order valence-electron chi connectivity index (χ2n) is 7.04. The largest absolute Gasteiger partial charge is 0.426 e. The van der Waals surface area contributed by atoms with Crippen molar-refractivity contribution in [3.05, 3.63) is 29.3 Å². The monoisotopic (exact) mass is 301 g/mol. The van der Waals surface area contributed by atoms with E-state index in [1.807, 2.05) is 46.0 Å². The summed E-state index contributed by atoms with van der Waals surface area (Å²) in [5, 5.41) is 0. The minimum Gasteiger partial charge on any atom is -0.426 e. The first-order valence-electron chi connectivity index (χ1n) is 7.92. The second kappa shape index (κ2) is 5.20. The van der Waals surface area contributed by atoms with E-state index in [-0.39, 0.29) is 17.9 Å². The zero-order valence-corrected chi connectivity index (χ0v) is 13.7. The molecule has 2 bridgehead atoms. The predicted octanol–water partition coefficient (Wildman–Crippen LogP) is 2.33. The fourth-order valence-corrected chi connectivity index (χ4v) is 3.52. The smallest absolute Gasteiger partial charge is 0.313 e. The number of esters is 1. The SMILES string of the molecule is CC(C)C(=O)Oc1ccc2c(c1)[C@@]1(C)CCN(C)C(C2)C1=O. The Balaban J connectivity index is 1.99. The molecule has 4 heteroatoms. The van der Waals surface area contributed by atoms with Crippen molar-refractivity contribution in [3.8, 4) is 5.75 Å². The molecule has 0 spiro atoms. The van der Waals surface area contributed by atoms with Gasteiger partial charge >= 0.3 is 5.97 Å². The lowest BCUT2D eigenvalue weighted by atomic mass is 9.64. The van der Waals surface area contributed by atoms with E-state index in [1.165, 1.54) is 5.56 Å². The average Bonchev–Trinajstić information content (AvgIpc) is 2.47. The molecule has 4 nitrogen and oxygen atoms in total. The molecule has 0 N–H and O–H groups in total. The molecule has 22 heavy (non-hydrogen) atoms. The maximum absolute atomic E-state index is 12.8. The van der Waals surface area contributed by atoms with Crippen LogP contribution in [0.25, 0.3) is 0 Å². The molecule has 3 rings (SSSR count). The van der Waals surface area contributed by atoms with Crippen LogP contribution in [0.1, 0.15) is 38.3 Å². The number of Topliss-reactive ketones (excluding diaryl/α,β-unsaturated/α-hetero) is 1. The summed E-state index contributed by atoms with van der Waals surface area (Å²) in [7, 11) is 2.02. The molecule has 1 fully saturated rings. The number of likely N-dealkylation sites (tertiary alicyclic amines) is 1. The van der Waals surface area contributed by atoms with Crippen LogP contribution in [0.4, 0.5) is 0 Å². The van der Waals surface area contributed by atoms with Crippen molar-refractivity contribution >= 4 is 11.8 Å². The Bertz CT molecular complexity index is 637. The van der Waals surface area contributed by atoms with E-state index in [2.05, 4.69) is 4.90 Å². The highest BCUT2D eigenvalue weighted by Crippen LogP contribution is 2.43. The van der Waals surface area contributed by atoms with Crippen LogP contribution in [-0.2, 0) is 21.4 Å². The van der Waals surface area contributed by atoms with Gasteiger partial charge in [0, 0.05) is 0 Å². The molecule has 2 atom stereocenters. The van der Waals surface area contributed by atoms with E-state index >= 15 is 0 Å². The number of nitrogens with zero attached hydrogens (tertiary/aromatic N) is 1. The number of benzene rings is 1. The van der Waals surface area contributed by atoms with Crippen LogP contribution in [0.3, 0.4) is 0 Å². The molecule has 1 aliphatic carbocycles. The van der Waals surface area contributed by atoms with E-state index in [0.717, 1.165) is 24.9 Å². The van der Waals surface area contributed by atoms with E-state index in [0.29, 0.717) is 11.5 Å². The van der Waals surface area contributed by atoms with Crippen LogP contribution in [0.2, 0.25) is 0 Å². The topological polar surface area (TPSA) is 46.6 Å². The summed E-state index contributed by atoms with van der Waals surface area (Å²) < 4.78 is 5.42. The standard InChI is InChI=1S/C18H23NO3/c1-11(2)17(21)22-13-6-5-12-9-15-16(20)18(3,14(12)10-13)7-8-19(15)4/h5-6,10-11,15H,7-9H2,1-4H3/t15?,18-/m1/s1. The molecule has 0 saturated carbocycles. The van der Waals surface area contributed by atoms with Crippen molar-refractivity contribution in [3.63, 3.8) is 0 Å². The molecule has 118 valence electrons. The van der Waals surface area contributed by atoms with Gasteiger partial charge < -0.3 is 4.74 Å². The van der Waals surface area contributed by atoms with Crippen LogP contribution < -0.4 is 4.74 Å². The van der Waals surface area contributed by atoms with E-state index < -0.39 is 5.41 Å². The molecule has 0 radical (unpaired) electrons. The third-order valence-corrected chi connectivity index (χ3v) is 5.12. The van der Waals surface area contributed by atoms with Crippen molar-refractivity contribution in [2.75, 3.05) is 13.6 Å². The Morgan fingerprint density at radius 1 is 1.41 bits per heavy atom. The molecular weight excluding hydrogens is 278 g/mol. The highest BCUT2D eigenvalue weighted by atomic mass is 16.5. The summed E-state index contributed by atoms with van der Waals surface area (Å²) in [6.07, 6.45) is 1.56. The molecule has 0 amide bonds. The molecular formula is C18H23NO3.